The molecule has 0 saturated carbocycles. The molecule has 1 fully saturated rings. The van der Waals surface area contributed by atoms with Gasteiger partial charge in [-0.05, 0) is 37.1 Å². The molecule has 37 heavy (non-hydrogen) atoms. The fourth-order valence-corrected chi connectivity index (χ4v) is 4.66. The fourth-order valence-electron chi connectivity index (χ4n) is 4.66. The lowest BCUT2D eigenvalue weighted by molar-refractivity contribution is 0.0970. The fraction of sp³-hybridized carbons (Fsp3) is 0.269. The van der Waals surface area contributed by atoms with E-state index in [9.17, 15) is 14.9 Å². The molecule has 0 bridgehead atoms. The van der Waals surface area contributed by atoms with Crippen molar-refractivity contribution in [3.63, 3.8) is 0 Å². The van der Waals surface area contributed by atoms with Crippen LogP contribution in [0.15, 0.2) is 59.8 Å². The first kappa shape index (κ1) is 25.9. The number of halogens is 1. The molecule has 0 amide bonds. The molecule has 1 saturated heterocycles. The van der Waals surface area contributed by atoms with Gasteiger partial charge in [-0.25, -0.2) is 9.97 Å². The van der Waals surface area contributed by atoms with Gasteiger partial charge in [0.05, 0.1) is 20.0 Å². The average molecular weight is 520 g/mol. The number of carbonyl (C=O) groups is 1. The molecule has 1 aliphatic rings. The quantitative estimate of drug-likeness (QED) is 0.384. The van der Waals surface area contributed by atoms with Crippen LogP contribution in [-0.4, -0.2) is 51.1 Å². The third kappa shape index (κ3) is 4.79. The summed E-state index contributed by atoms with van der Waals surface area (Å²) in [7, 11) is 1.53. The molecule has 0 aliphatic carbocycles. The van der Waals surface area contributed by atoms with Crippen molar-refractivity contribution in [3.8, 4) is 17.6 Å². The Morgan fingerprint density at radius 1 is 1.24 bits per heavy atom. The van der Waals surface area contributed by atoms with Crippen molar-refractivity contribution >= 4 is 35.0 Å². The van der Waals surface area contributed by atoms with Gasteiger partial charge >= 0.3 is 0 Å². The number of nitrogens with two attached hydrogens (primary N) is 1. The summed E-state index contributed by atoms with van der Waals surface area (Å²) >= 11 is 0. The standard InChI is InChI=1S/C26H25N7O3.ClH/c1-36-19-8-4-6-17(12-19)21(34)15-32-16-30-23-20(13-27)25(31-11-5-7-18(28)14-31)33(24(23)26(32)35)22-9-2-3-10-29-22;/h2-4,6,8-10,12,16,18H,5,7,11,14-15,28H2,1H3;1H. The van der Waals surface area contributed by atoms with E-state index < -0.39 is 5.56 Å². The zero-order valence-corrected chi connectivity index (χ0v) is 21.0. The van der Waals surface area contributed by atoms with E-state index in [1.54, 1.807) is 47.2 Å². The van der Waals surface area contributed by atoms with E-state index in [4.69, 9.17) is 10.5 Å². The molecule has 4 aromatic rings. The second kappa shape index (κ2) is 10.8. The van der Waals surface area contributed by atoms with E-state index >= 15 is 0 Å². The summed E-state index contributed by atoms with van der Waals surface area (Å²) in [5, 5.41) is 10.1. The SMILES string of the molecule is COc1cccc(C(=O)Cn2cnc3c(C#N)c(N4CCCC(N)C4)n(-c4ccccn4)c3c2=O)c1.Cl. The van der Waals surface area contributed by atoms with E-state index in [0.717, 1.165) is 12.8 Å². The van der Waals surface area contributed by atoms with Gasteiger partial charge in [0.15, 0.2) is 5.78 Å². The number of rotatable bonds is 6. The Labute approximate surface area is 219 Å². The monoisotopic (exact) mass is 519 g/mol. The summed E-state index contributed by atoms with van der Waals surface area (Å²) in [4.78, 5) is 37.7. The van der Waals surface area contributed by atoms with Gasteiger partial charge in [-0.1, -0.05) is 18.2 Å². The minimum atomic E-state index is -0.439. The molecule has 4 heterocycles. The molecule has 2 N–H and O–H groups in total. The van der Waals surface area contributed by atoms with Gasteiger partial charge in [0.1, 0.15) is 40.1 Å². The van der Waals surface area contributed by atoms with E-state index in [1.807, 2.05) is 11.0 Å². The van der Waals surface area contributed by atoms with Crippen LogP contribution >= 0.6 is 12.4 Å². The van der Waals surface area contributed by atoms with Gasteiger partial charge < -0.3 is 15.4 Å². The van der Waals surface area contributed by atoms with Crippen LogP contribution in [0, 0.1) is 11.3 Å². The number of hydrogen-bond donors (Lipinski definition) is 1. The predicted octanol–water partition coefficient (Wildman–Crippen LogP) is 2.69. The number of nitriles is 1. The number of nitrogens with zero attached hydrogens (tertiary/aromatic N) is 6. The van der Waals surface area contributed by atoms with Crippen molar-refractivity contribution in [2.75, 3.05) is 25.1 Å². The van der Waals surface area contributed by atoms with E-state index in [0.29, 0.717) is 36.0 Å². The molecule has 10 nitrogen and oxygen atoms in total. The summed E-state index contributed by atoms with van der Waals surface area (Å²) in [6.45, 7) is 1.02. The number of pyridine rings is 1. The highest BCUT2D eigenvalue weighted by Crippen LogP contribution is 2.33. The van der Waals surface area contributed by atoms with Crippen LogP contribution in [0.5, 0.6) is 5.75 Å². The van der Waals surface area contributed by atoms with Crippen LogP contribution in [0.1, 0.15) is 28.8 Å². The Hall–Kier alpha value is -4.20. The summed E-state index contributed by atoms with van der Waals surface area (Å²) < 4.78 is 8.14. The number of hydrogen-bond acceptors (Lipinski definition) is 8. The lowest BCUT2D eigenvalue weighted by Gasteiger charge is -2.33. The molecule has 0 spiro atoms. The Bertz CT molecular complexity index is 1540. The Balaban J connectivity index is 0.00000320. The van der Waals surface area contributed by atoms with Crippen LogP contribution in [0.4, 0.5) is 5.82 Å². The van der Waals surface area contributed by atoms with Gasteiger partial charge in [-0.15, -0.1) is 12.4 Å². The lowest BCUT2D eigenvalue weighted by atomic mass is 10.1. The predicted molar refractivity (Wildman–Crippen MR) is 142 cm³/mol. The molecule has 1 aromatic carbocycles. The van der Waals surface area contributed by atoms with Crippen LogP contribution in [-0.2, 0) is 6.54 Å². The molecule has 190 valence electrons. The van der Waals surface area contributed by atoms with Crippen LogP contribution in [0.3, 0.4) is 0 Å². The average Bonchev–Trinajstić information content (AvgIpc) is 3.25. The third-order valence-corrected chi connectivity index (χ3v) is 6.36. The number of piperidine rings is 1. The number of Topliss-reactive ketones (excluding diaryl/α,β-unsaturated/α-hetero) is 1. The van der Waals surface area contributed by atoms with Gasteiger partial charge in [0, 0.05) is 30.9 Å². The Kier molecular flexibility index (Phi) is 7.57. The molecule has 5 rings (SSSR count). The van der Waals surface area contributed by atoms with Gasteiger partial charge in [-0.2, -0.15) is 5.26 Å². The number of ether oxygens (including phenoxy) is 1. The highest BCUT2D eigenvalue weighted by Gasteiger charge is 2.29. The second-order valence-corrected chi connectivity index (χ2v) is 8.71. The van der Waals surface area contributed by atoms with E-state index in [2.05, 4.69) is 16.0 Å². The topological polar surface area (TPSA) is 132 Å². The van der Waals surface area contributed by atoms with Crippen LogP contribution in [0.25, 0.3) is 16.9 Å². The highest BCUT2D eigenvalue weighted by molar-refractivity contribution is 5.96. The zero-order valence-electron chi connectivity index (χ0n) is 20.2. The first-order valence-corrected chi connectivity index (χ1v) is 11.6. The Morgan fingerprint density at radius 2 is 2.08 bits per heavy atom. The molecular formula is C26H26ClN7O3. The summed E-state index contributed by atoms with van der Waals surface area (Å²) in [5.74, 6) is 1.31. The van der Waals surface area contributed by atoms with Crippen molar-refractivity contribution in [2.45, 2.75) is 25.4 Å². The molecular weight excluding hydrogens is 494 g/mol. The third-order valence-electron chi connectivity index (χ3n) is 6.36. The van der Waals surface area contributed by atoms with Gasteiger partial charge in [-0.3, -0.25) is 18.7 Å². The minimum Gasteiger partial charge on any atom is -0.497 e. The normalized spacial score (nSPS) is 15.2. The first-order valence-electron chi connectivity index (χ1n) is 11.6. The van der Waals surface area contributed by atoms with Crippen molar-refractivity contribution < 1.29 is 9.53 Å². The van der Waals surface area contributed by atoms with Crippen LogP contribution in [0.2, 0.25) is 0 Å². The maximum atomic E-state index is 13.8. The number of carbonyl (C=O) groups excluding carboxylic acids is 1. The summed E-state index contributed by atoms with van der Waals surface area (Å²) in [5.41, 5.74) is 6.97. The molecule has 1 atom stereocenters. The number of methoxy groups -OCH3 is 1. The van der Waals surface area contributed by atoms with Crippen molar-refractivity contribution in [1.29, 1.82) is 5.26 Å². The van der Waals surface area contributed by atoms with Gasteiger partial charge in [0.25, 0.3) is 5.56 Å². The highest BCUT2D eigenvalue weighted by atomic mass is 35.5. The van der Waals surface area contributed by atoms with Gasteiger partial charge in [0.2, 0.25) is 0 Å². The molecule has 1 aliphatic heterocycles. The Morgan fingerprint density at radius 3 is 2.78 bits per heavy atom. The smallest absolute Gasteiger partial charge is 0.278 e. The summed E-state index contributed by atoms with van der Waals surface area (Å²) in [6, 6.07) is 14.3. The number of fused-ring (bicyclic) bond motifs is 1. The number of ketones is 1. The second-order valence-electron chi connectivity index (χ2n) is 8.71. The van der Waals surface area contributed by atoms with E-state index in [-0.39, 0.29) is 47.4 Å². The lowest BCUT2D eigenvalue weighted by Crippen LogP contribution is -2.44. The zero-order chi connectivity index (χ0) is 25.2. The number of anilines is 1. The molecule has 11 heteroatoms. The molecule has 0 radical (unpaired) electrons. The number of benzene rings is 1. The first-order chi connectivity index (χ1) is 17.5. The number of aromatic nitrogens is 4. The van der Waals surface area contributed by atoms with Crippen LogP contribution < -0.4 is 20.9 Å². The minimum absolute atomic E-state index is 0. The van der Waals surface area contributed by atoms with Crippen molar-refractivity contribution in [1.82, 2.24) is 19.1 Å². The maximum Gasteiger partial charge on any atom is 0.278 e. The van der Waals surface area contributed by atoms with Crippen molar-refractivity contribution in [3.05, 3.63) is 76.5 Å². The largest absolute Gasteiger partial charge is 0.497 e. The maximum absolute atomic E-state index is 13.8. The van der Waals surface area contributed by atoms with Crippen molar-refractivity contribution in [2.24, 2.45) is 5.73 Å². The molecule has 1 unspecified atom stereocenters. The summed E-state index contributed by atoms with van der Waals surface area (Å²) in [6.07, 6.45) is 4.69. The van der Waals surface area contributed by atoms with E-state index in [1.165, 1.54) is 18.0 Å². The molecule has 3 aromatic heterocycles.